The number of hydrogen-bond donors (Lipinski definition) is 1. The largest absolute Gasteiger partial charge is 0.480 e. The SMILES string of the molecule is CCN(CC(=O)O)C(=O)c1ccc(N2CCCC2=O)cc1. The zero-order valence-electron chi connectivity index (χ0n) is 11.9. The third-order valence-electron chi connectivity index (χ3n) is 3.49. The van der Waals surface area contributed by atoms with Gasteiger partial charge in [0.25, 0.3) is 5.91 Å². The van der Waals surface area contributed by atoms with E-state index in [1.54, 1.807) is 36.1 Å². The molecule has 2 amide bonds. The molecule has 1 aromatic carbocycles. The lowest BCUT2D eigenvalue weighted by molar-refractivity contribution is -0.137. The zero-order valence-corrected chi connectivity index (χ0v) is 11.9. The van der Waals surface area contributed by atoms with E-state index in [1.165, 1.54) is 4.90 Å². The molecule has 6 heteroatoms. The first-order chi connectivity index (χ1) is 10.0. The lowest BCUT2D eigenvalue weighted by Gasteiger charge is -2.20. The van der Waals surface area contributed by atoms with Gasteiger partial charge in [-0.05, 0) is 37.6 Å². The van der Waals surface area contributed by atoms with Crippen molar-refractivity contribution in [3.8, 4) is 0 Å². The minimum Gasteiger partial charge on any atom is -0.480 e. The lowest BCUT2D eigenvalue weighted by Crippen LogP contribution is -2.35. The molecular weight excluding hydrogens is 272 g/mol. The van der Waals surface area contributed by atoms with Crippen molar-refractivity contribution in [2.45, 2.75) is 19.8 Å². The summed E-state index contributed by atoms with van der Waals surface area (Å²) in [5.41, 5.74) is 1.20. The summed E-state index contributed by atoms with van der Waals surface area (Å²) in [4.78, 5) is 37.5. The fourth-order valence-corrected chi connectivity index (χ4v) is 2.38. The molecule has 0 radical (unpaired) electrons. The van der Waals surface area contributed by atoms with Gasteiger partial charge < -0.3 is 14.9 Å². The molecule has 1 aliphatic heterocycles. The van der Waals surface area contributed by atoms with Gasteiger partial charge in [0.05, 0.1) is 0 Å². The molecule has 0 saturated carbocycles. The highest BCUT2D eigenvalue weighted by molar-refractivity contribution is 5.98. The topological polar surface area (TPSA) is 77.9 Å². The van der Waals surface area contributed by atoms with Gasteiger partial charge in [-0.1, -0.05) is 0 Å². The van der Waals surface area contributed by atoms with Gasteiger partial charge in [-0.15, -0.1) is 0 Å². The number of aliphatic carboxylic acids is 1. The molecule has 0 aromatic heterocycles. The third-order valence-corrected chi connectivity index (χ3v) is 3.49. The van der Waals surface area contributed by atoms with E-state index in [0.717, 1.165) is 12.1 Å². The van der Waals surface area contributed by atoms with Gasteiger partial charge in [-0.3, -0.25) is 14.4 Å². The Bertz CT molecular complexity index is 553. The van der Waals surface area contributed by atoms with E-state index in [-0.39, 0.29) is 18.4 Å². The Kier molecular flexibility index (Phi) is 4.57. The second kappa shape index (κ2) is 6.39. The van der Waals surface area contributed by atoms with E-state index in [0.29, 0.717) is 25.1 Å². The van der Waals surface area contributed by atoms with Crippen molar-refractivity contribution in [2.75, 3.05) is 24.5 Å². The van der Waals surface area contributed by atoms with E-state index in [2.05, 4.69) is 0 Å². The van der Waals surface area contributed by atoms with Crippen LogP contribution in [0.15, 0.2) is 24.3 Å². The molecule has 1 fully saturated rings. The van der Waals surface area contributed by atoms with Crippen LogP contribution in [0, 0.1) is 0 Å². The van der Waals surface area contributed by atoms with Gasteiger partial charge in [0.15, 0.2) is 0 Å². The molecule has 2 rings (SSSR count). The van der Waals surface area contributed by atoms with Crippen LogP contribution in [0.5, 0.6) is 0 Å². The van der Waals surface area contributed by atoms with Crippen LogP contribution in [0.1, 0.15) is 30.1 Å². The summed E-state index contributed by atoms with van der Waals surface area (Å²) < 4.78 is 0. The molecule has 1 aromatic rings. The van der Waals surface area contributed by atoms with E-state index in [9.17, 15) is 14.4 Å². The summed E-state index contributed by atoms with van der Waals surface area (Å²) in [6.45, 7) is 2.45. The zero-order chi connectivity index (χ0) is 15.4. The van der Waals surface area contributed by atoms with Crippen LogP contribution in [0.2, 0.25) is 0 Å². The van der Waals surface area contributed by atoms with Crippen molar-refractivity contribution in [1.29, 1.82) is 0 Å². The van der Waals surface area contributed by atoms with Gasteiger partial charge in [-0.25, -0.2) is 0 Å². The van der Waals surface area contributed by atoms with Crippen LogP contribution in [0.25, 0.3) is 0 Å². The van der Waals surface area contributed by atoms with Gasteiger partial charge in [0.2, 0.25) is 5.91 Å². The summed E-state index contributed by atoms with van der Waals surface area (Å²) in [7, 11) is 0. The van der Waals surface area contributed by atoms with Gasteiger partial charge in [-0.2, -0.15) is 0 Å². The molecule has 0 atom stereocenters. The van der Waals surface area contributed by atoms with Crippen LogP contribution in [0.3, 0.4) is 0 Å². The Hall–Kier alpha value is -2.37. The Morgan fingerprint density at radius 3 is 2.43 bits per heavy atom. The minimum absolute atomic E-state index is 0.0927. The van der Waals surface area contributed by atoms with Crippen LogP contribution < -0.4 is 4.90 Å². The normalized spacial score (nSPS) is 14.3. The predicted octanol–water partition coefficient (Wildman–Crippen LogP) is 1.36. The molecule has 0 spiro atoms. The van der Waals surface area contributed by atoms with Gasteiger partial charge in [0, 0.05) is 30.8 Å². The highest BCUT2D eigenvalue weighted by Crippen LogP contribution is 2.22. The van der Waals surface area contributed by atoms with Gasteiger partial charge in [0.1, 0.15) is 6.54 Å². The van der Waals surface area contributed by atoms with Crippen LogP contribution in [-0.2, 0) is 9.59 Å². The average Bonchev–Trinajstić information content (AvgIpc) is 2.90. The predicted molar refractivity (Wildman–Crippen MR) is 77.2 cm³/mol. The second-order valence-electron chi connectivity index (χ2n) is 4.91. The van der Waals surface area contributed by atoms with Crippen molar-refractivity contribution in [3.63, 3.8) is 0 Å². The minimum atomic E-state index is -1.04. The van der Waals surface area contributed by atoms with E-state index < -0.39 is 5.97 Å². The van der Waals surface area contributed by atoms with Crippen molar-refractivity contribution in [3.05, 3.63) is 29.8 Å². The number of rotatable bonds is 5. The second-order valence-corrected chi connectivity index (χ2v) is 4.91. The molecule has 21 heavy (non-hydrogen) atoms. The maximum atomic E-state index is 12.2. The Balaban J connectivity index is 2.12. The van der Waals surface area contributed by atoms with Crippen LogP contribution in [0.4, 0.5) is 5.69 Å². The fourth-order valence-electron chi connectivity index (χ4n) is 2.38. The number of benzene rings is 1. The van der Waals surface area contributed by atoms with Crippen LogP contribution >= 0.6 is 0 Å². The molecule has 1 saturated heterocycles. The standard InChI is InChI=1S/C15H18N2O4/c1-2-16(10-14(19)20)15(21)11-5-7-12(8-6-11)17-9-3-4-13(17)18/h5-8H,2-4,9-10H2,1H3,(H,19,20). The fraction of sp³-hybridized carbons (Fsp3) is 0.400. The summed E-state index contributed by atoms with van der Waals surface area (Å²) >= 11 is 0. The molecule has 0 aliphatic carbocycles. The number of carbonyl (C=O) groups is 3. The van der Waals surface area contributed by atoms with Crippen molar-refractivity contribution in [2.24, 2.45) is 0 Å². The quantitative estimate of drug-likeness (QED) is 0.888. The summed E-state index contributed by atoms with van der Waals surface area (Å²) in [5.74, 6) is -1.26. The molecule has 6 nitrogen and oxygen atoms in total. The summed E-state index contributed by atoms with van der Waals surface area (Å²) in [5, 5.41) is 8.79. The molecule has 112 valence electrons. The first-order valence-corrected chi connectivity index (χ1v) is 6.94. The third kappa shape index (κ3) is 3.39. The molecule has 0 bridgehead atoms. The number of carbonyl (C=O) groups excluding carboxylic acids is 2. The average molecular weight is 290 g/mol. The van der Waals surface area contributed by atoms with Crippen molar-refractivity contribution < 1.29 is 19.5 Å². The van der Waals surface area contributed by atoms with Crippen molar-refractivity contribution in [1.82, 2.24) is 4.90 Å². The number of hydrogen-bond acceptors (Lipinski definition) is 3. The highest BCUT2D eigenvalue weighted by atomic mass is 16.4. The maximum absolute atomic E-state index is 12.2. The number of likely N-dealkylation sites (N-methyl/N-ethyl adjacent to an activating group) is 1. The summed E-state index contributed by atoms with van der Waals surface area (Å²) in [6.07, 6.45) is 1.41. The molecule has 1 N–H and O–H groups in total. The number of anilines is 1. The molecule has 1 heterocycles. The monoisotopic (exact) mass is 290 g/mol. The molecule has 1 aliphatic rings. The van der Waals surface area contributed by atoms with E-state index in [1.807, 2.05) is 0 Å². The Morgan fingerprint density at radius 1 is 1.29 bits per heavy atom. The van der Waals surface area contributed by atoms with Crippen LogP contribution in [-0.4, -0.2) is 47.4 Å². The Labute approximate surface area is 123 Å². The first kappa shape index (κ1) is 15.0. The lowest BCUT2D eigenvalue weighted by atomic mass is 10.1. The molecular formula is C15H18N2O4. The highest BCUT2D eigenvalue weighted by Gasteiger charge is 2.22. The Morgan fingerprint density at radius 2 is 1.95 bits per heavy atom. The van der Waals surface area contributed by atoms with Gasteiger partial charge >= 0.3 is 5.97 Å². The smallest absolute Gasteiger partial charge is 0.323 e. The maximum Gasteiger partial charge on any atom is 0.323 e. The number of carboxylic acids is 1. The molecule has 0 unspecified atom stereocenters. The number of amides is 2. The van der Waals surface area contributed by atoms with Crippen molar-refractivity contribution >= 4 is 23.5 Å². The summed E-state index contributed by atoms with van der Waals surface area (Å²) in [6, 6.07) is 6.72. The number of nitrogens with zero attached hydrogens (tertiary/aromatic N) is 2. The van der Waals surface area contributed by atoms with E-state index >= 15 is 0 Å². The number of carboxylic acid groups (broad SMARTS) is 1. The van der Waals surface area contributed by atoms with E-state index in [4.69, 9.17) is 5.11 Å². The first-order valence-electron chi connectivity index (χ1n) is 6.94.